The van der Waals surface area contributed by atoms with Gasteiger partial charge in [-0.25, -0.2) is 4.90 Å². The summed E-state index contributed by atoms with van der Waals surface area (Å²) in [7, 11) is 0. The van der Waals surface area contributed by atoms with Crippen LogP contribution in [0, 0.1) is 41.7 Å². The van der Waals surface area contributed by atoms with E-state index in [0.29, 0.717) is 43.2 Å². The van der Waals surface area contributed by atoms with Gasteiger partial charge in [-0.05, 0) is 68.4 Å². The summed E-state index contributed by atoms with van der Waals surface area (Å²) in [5, 5.41) is 12.0. The van der Waals surface area contributed by atoms with E-state index >= 15 is 0 Å². The molecule has 8 heteroatoms. The second-order valence-corrected chi connectivity index (χ2v) is 10.3. The van der Waals surface area contributed by atoms with Crippen molar-refractivity contribution in [3.8, 4) is 0 Å². The highest BCUT2D eigenvalue weighted by molar-refractivity contribution is 6.22. The molecule has 0 spiro atoms. The van der Waals surface area contributed by atoms with Crippen molar-refractivity contribution < 1.29 is 14.5 Å². The third-order valence-electron chi connectivity index (χ3n) is 8.14. The van der Waals surface area contributed by atoms with Crippen LogP contribution in [0.25, 0.3) is 0 Å². The largest absolute Gasteiger partial charge is 0.368 e. The molecule has 1 aliphatic carbocycles. The molecule has 3 fully saturated rings. The Hall–Kier alpha value is -3.42. The molecule has 2 heterocycles. The number of imide groups is 1. The van der Waals surface area contributed by atoms with Gasteiger partial charge >= 0.3 is 0 Å². The van der Waals surface area contributed by atoms with E-state index in [4.69, 9.17) is 0 Å². The zero-order chi connectivity index (χ0) is 24.9. The van der Waals surface area contributed by atoms with E-state index in [2.05, 4.69) is 43.9 Å². The monoisotopic (exact) mass is 476 g/mol. The van der Waals surface area contributed by atoms with Crippen molar-refractivity contribution in [3.05, 3.63) is 57.6 Å². The lowest BCUT2D eigenvalue weighted by atomic mass is 9.76. The predicted molar refractivity (Wildman–Crippen MR) is 136 cm³/mol. The Kier molecular flexibility index (Phi) is 5.99. The number of rotatable bonds is 4. The first-order valence-corrected chi connectivity index (χ1v) is 12.5. The van der Waals surface area contributed by atoms with Crippen LogP contribution in [0.1, 0.15) is 37.3 Å². The summed E-state index contributed by atoms with van der Waals surface area (Å²) in [6.07, 6.45) is 2.34. The maximum atomic E-state index is 13.1. The molecule has 2 amide bonds. The molecule has 3 atom stereocenters. The molecule has 0 N–H and O–H groups in total. The van der Waals surface area contributed by atoms with Gasteiger partial charge in [0.15, 0.2) is 0 Å². The fourth-order valence-corrected chi connectivity index (χ4v) is 5.98. The van der Waals surface area contributed by atoms with Crippen molar-refractivity contribution >= 4 is 34.6 Å². The highest BCUT2D eigenvalue weighted by Gasteiger charge is 2.50. The lowest BCUT2D eigenvalue weighted by Crippen LogP contribution is -2.47. The van der Waals surface area contributed by atoms with Crippen molar-refractivity contribution in [2.75, 3.05) is 40.9 Å². The van der Waals surface area contributed by atoms with Crippen LogP contribution in [0.2, 0.25) is 0 Å². The van der Waals surface area contributed by atoms with Crippen LogP contribution in [0.15, 0.2) is 36.4 Å². The predicted octanol–water partition coefficient (Wildman–Crippen LogP) is 4.46. The molecule has 8 nitrogen and oxygen atoms in total. The number of hydrogen-bond donors (Lipinski definition) is 0. The number of hydrogen-bond acceptors (Lipinski definition) is 6. The van der Waals surface area contributed by atoms with Gasteiger partial charge in [-0.15, -0.1) is 0 Å². The highest BCUT2D eigenvalue weighted by Crippen LogP contribution is 2.43. The summed E-state index contributed by atoms with van der Waals surface area (Å²) in [4.78, 5) is 43.3. The van der Waals surface area contributed by atoms with Crippen LogP contribution in [-0.4, -0.2) is 42.9 Å². The summed E-state index contributed by atoms with van der Waals surface area (Å²) < 4.78 is 0. The summed E-state index contributed by atoms with van der Waals surface area (Å²) in [6, 6.07) is 11.1. The number of fused-ring (bicyclic) bond motifs is 1. The number of amides is 2. The zero-order valence-electron chi connectivity index (χ0n) is 20.6. The fourth-order valence-electron chi connectivity index (χ4n) is 5.98. The third kappa shape index (κ3) is 4.05. The number of nitrogens with zero attached hydrogens (tertiary/aromatic N) is 4. The quantitative estimate of drug-likeness (QED) is 0.368. The first-order valence-electron chi connectivity index (χ1n) is 12.5. The van der Waals surface area contributed by atoms with Crippen molar-refractivity contribution in [2.24, 2.45) is 17.8 Å². The zero-order valence-corrected chi connectivity index (χ0v) is 20.6. The first-order chi connectivity index (χ1) is 16.8. The van der Waals surface area contributed by atoms with Gasteiger partial charge in [0.25, 0.3) is 5.69 Å². The van der Waals surface area contributed by atoms with Gasteiger partial charge in [-0.1, -0.05) is 19.1 Å². The van der Waals surface area contributed by atoms with Crippen LogP contribution >= 0.6 is 0 Å². The Morgan fingerprint density at radius 2 is 1.54 bits per heavy atom. The molecular formula is C27H32N4O4. The molecular weight excluding hydrogens is 444 g/mol. The summed E-state index contributed by atoms with van der Waals surface area (Å²) in [6.45, 7) is 9.15. The summed E-state index contributed by atoms with van der Waals surface area (Å²) >= 11 is 0. The second-order valence-electron chi connectivity index (χ2n) is 10.3. The number of piperazine rings is 1. The average molecular weight is 477 g/mol. The Balaban J connectivity index is 1.37. The Labute approximate surface area is 205 Å². The average Bonchev–Trinajstić information content (AvgIpc) is 3.09. The molecule has 3 aliphatic rings. The minimum Gasteiger partial charge on any atom is -0.368 e. The molecule has 1 saturated carbocycles. The Morgan fingerprint density at radius 1 is 0.886 bits per heavy atom. The van der Waals surface area contributed by atoms with E-state index in [0.717, 1.165) is 19.5 Å². The minimum atomic E-state index is -0.407. The van der Waals surface area contributed by atoms with Gasteiger partial charge in [0, 0.05) is 37.9 Å². The summed E-state index contributed by atoms with van der Waals surface area (Å²) in [5.74, 6) is -0.613. The van der Waals surface area contributed by atoms with Gasteiger partial charge in [0.2, 0.25) is 11.8 Å². The molecule has 0 bridgehead atoms. The highest BCUT2D eigenvalue weighted by atomic mass is 16.6. The van der Waals surface area contributed by atoms with Crippen molar-refractivity contribution in [3.63, 3.8) is 0 Å². The van der Waals surface area contributed by atoms with E-state index in [1.165, 1.54) is 27.8 Å². The fraction of sp³-hybridized carbons (Fsp3) is 0.481. The first kappa shape index (κ1) is 23.3. The standard InChI is InChI=1S/C27H32N4O4/c1-17-7-9-21-22(15-17)27(33)30(26(21)32)20-8-10-24(25(16-20)31(34)35)29-13-11-28(12-14-29)23-6-4-5-18(2)19(23)3/h4-6,8,10,16-17,21-22H,7,9,11-15H2,1-3H3/t17-,21-,22-/m1/s1. The molecule has 0 unspecified atom stereocenters. The van der Waals surface area contributed by atoms with Gasteiger partial charge in [0.1, 0.15) is 5.69 Å². The van der Waals surface area contributed by atoms with E-state index in [1.54, 1.807) is 12.1 Å². The number of aryl methyl sites for hydroxylation is 1. The Morgan fingerprint density at radius 3 is 2.23 bits per heavy atom. The van der Waals surface area contributed by atoms with Crippen LogP contribution in [0.5, 0.6) is 0 Å². The number of carbonyl (C=O) groups excluding carboxylic acids is 2. The molecule has 2 saturated heterocycles. The van der Waals surface area contributed by atoms with E-state index in [9.17, 15) is 19.7 Å². The maximum Gasteiger partial charge on any atom is 0.294 e. The SMILES string of the molecule is Cc1cccc(N2CCN(c3ccc(N4C(=O)[C@@H]5CC[C@@H](C)C[C@H]5C4=O)cc3[N+](=O)[O-])CC2)c1C. The minimum absolute atomic E-state index is 0.0634. The van der Waals surface area contributed by atoms with Crippen LogP contribution in [0.3, 0.4) is 0 Å². The number of benzene rings is 2. The molecule has 5 rings (SSSR count). The van der Waals surface area contributed by atoms with E-state index in [-0.39, 0.29) is 29.3 Å². The van der Waals surface area contributed by atoms with Gasteiger partial charge < -0.3 is 9.80 Å². The molecule has 0 radical (unpaired) electrons. The van der Waals surface area contributed by atoms with Crippen molar-refractivity contribution in [1.29, 1.82) is 0 Å². The van der Waals surface area contributed by atoms with Gasteiger partial charge in [0.05, 0.1) is 22.4 Å². The number of nitro benzene ring substituents is 1. The van der Waals surface area contributed by atoms with Gasteiger partial charge in [-0.2, -0.15) is 0 Å². The smallest absolute Gasteiger partial charge is 0.294 e. The maximum absolute atomic E-state index is 13.1. The van der Waals surface area contributed by atoms with E-state index < -0.39 is 4.92 Å². The van der Waals surface area contributed by atoms with Crippen molar-refractivity contribution in [1.82, 2.24) is 0 Å². The third-order valence-corrected chi connectivity index (χ3v) is 8.14. The van der Waals surface area contributed by atoms with Gasteiger partial charge in [-0.3, -0.25) is 19.7 Å². The van der Waals surface area contributed by atoms with Crippen LogP contribution in [-0.2, 0) is 9.59 Å². The summed E-state index contributed by atoms with van der Waals surface area (Å²) in [5.41, 5.74) is 4.49. The molecule has 0 aromatic heterocycles. The van der Waals surface area contributed by atoms with Crippen molar-refractivity contribution in [2.45, 2.75) is 40.0 Å². The van der Waals surface area contributed by atoms with Crippen LogP contribution < -0.4 is 14.7 Å². The van der Waals surface area contributed by atoms with Crippen LogP contribution in [0.4, 0.5) is 22.7 Å². The topological polar surface area (TPSA) is 87.0 Å². The number of anilines is 3. The second kappa shape index (κ2) is 8.98. The number of carbonyl (C=O) groups is 2. The molecule has 2 aliphatic heterocycles. The molecule has 2 aromatic carbocycles. The molecule has 184 valence electrons. The lowest BCUT2D eigenvalue weighted by molar-refractivity contribution is -0.384. The number of nitro groups is 1. The molecule has 35 heavy (non-hydrogen) atoms. The molecule has 2 aromatic rings. The normalized spacial score (nSPS) is 24.7. The lowest BCUT2D eigenvalue weighted by Gasteiger charge is -2.38. The Bertz CT molecular complexity index is 1190. The van der Waals surface area contributed by atoms with E-state index in [1.807, 2.05) is 4.90 Å².